The zero-order valence-electron chi connectivity index (χ0n) is 8.45. The SMILES string of the molecule is COCCCC(N)C(=O)N(C)OC. The standard InChI is InChI=1S/C8H18N2O3/c1-10(13-3)8(11)7(9)5-4-6-12-2/h7H,4-6,9H2,1-3H3. The van der Waals surface area contributed by atoms with E-state index in [0.717, 1.165) is 11.5 Å². The monoisotopic (exact) mass is 190 g/mol. The predicted octanol–water partition coefficient (Wildman–Crippen LogP) is -0.240. The molecule has 0 rings (SSSR count). The van der Waals surface area contributed by atoms with Crippen molar-refractivity contribution in [2.45, 2.75) is 18.9 Å². The highest BCUT2D eigenvalue weighted by Crippen LogP contribution is 1.98. The average molecular weight is 190 g/mol. The van der Waals surface area contributed by atoms with Crippen molar-refractivity contribution < 1.29 is 14.4 Å². The van der Waals surface area contributed by atoms with Crippen molar-refractivity contribution in [3.63, 3.8) is 0 Å². The van der Waals surface area contributed by atoms with Gasteiger partial charge in [0.25, 0.3) is 5.91 Å². The maximum Gasteiger partial charge on any atom is 0.262 e. The molecule has 2 N–H and O–H groups in total. The lowest BCUT2D eigenvalue weighted by molar-refractivity contribution is -0.170. The van der Waals surface area contributed by atoms with E-state index in [0.29, 0.717) is 13.0 Å². The first-order valence-corrected chi connectivity index (χ1v) is 4.19. The van der Waals surface area contributed by atoms with Crippen LogP contribution in [0.3, 0.4) is 0 Å². The Balaban J connectivity index is 3.69. The molecule has 0 radical (unpaired) electrons. The molecule has 0 fully saturated rings. The van der Waals surface area contributed by atoms with Gasteiger partial charge in [-0.1, -0.05) is 0 Å². The minimum atomic E-state index is -0.500. The Morgan fingerprint density at radius 3 is 2.62 bits per heavy atom. The molecule has 0 aromatic heterocycles. The molecule has 0 aromatic carbocycles. The van der Waals surface area contributed by atoms with Crippen LogP contribution < -0.4 is 5.73 Å². The molecule has 0 bridgehead atoms. The van der Waals surface area contributed by atoms with E-state index < -0.39 is 6.04 Å². The number of carbonyl (C=O) groups excluding carboxylic acids is 1. The Morgan fingerprint density at radius 2 is 2.15 bits per heavy atom. The molecule has 0 saturated carbocycles. The van der Waals surface area contributed by atoms with Crippen LogP contribution in [0.4, 0.5) is 0 Å². The summed E-state index contributed by atoms with van der Waals surface area (Å²) < 4.78 is 4.85. The fraction of sp³-hybridized carbons (Fsp3) is 0.875. The van der Waals surface area contributed by atoms with Gasteiger partial charge in [0.2, 0.25) is 0 Å². The highest BCUT2D eigenvalue weighted by molar-refractivity contribution is 5.80. The fourth-order valence-corrected chi connectivity index (χ4v) is 0.895. The molecule has 0 spiro atoms. The van der Waals surface area contributed by atoms with Crippen molar-refractivity contribution in [1.82, 2.24) is 5.06 Å². The summed E-state index contributed by atoms with van der Waals surface area (Å²) in [5.74, 6) is -0.210. The summed E-state index contributed by atoms with van der Waals surface area (Å²) in [6.45, 7) is 0.623. The van der Waals surface area contributed by atoms with Gasteiger partial charge in [-0.25, -0.2) is 5.06 Å². The molecular weight excluding hydrogens is 172 g/mol. The molecule has 13 heavy (non-hydrogen) atoms. The van der Waals surface area contributed by atoms with Crippen LogP contribution >= 0.6 is 0 Å². The highest BCUT2D eigenvalue weighted by Gasteiger charge is 2.16. The summed E-state index contributed by atoms with van der Waals surface area (Å²) in [5.41, 5.74) is 5.61. The number of nitrogens with zero attached hydrogens (tertiary/aromatic N) is 1. The van der Waals surface area contributed by atoms with E-state index in [1.165, 1.54) is 7.11 Å². The van der Waals surface area contributed by atoms with Gasteiger partial charge in [0.15, 0.2) is 0 Å². The molecule has 78 valence electrons. The topological polar surface area (TPSA) is 64.8 Å². The first kappa shape index (κ1) is 12.3. The number of nitrogens with two attached hydrogens (primary N) is 1. The molecule has 1 atom stereocenters. The third-order valence-electron chi connectivity index (χ3n) is 1.77. The number of hydrogen-bond donors (Lipinski definition) is 1. The van der Waals surface area contributed by atoms with Gasteiger partial charge in [0.05, 0.1) is 13.2 Å². The van der Waals surface area contributed by atoms with Crippen LogP contribution in [-0.4, -0.2) is 44.9 Å². The minimum Gasteiger partial charge on any atom is -0.385 e. The predicted molar refractivity (Wildman–Crippen MR) is 48.9 cm³/mol. The average Bonchev–Trinajstić information content (AvgIpc) is 2.15. The zero-order valence-corrected chi connectivity index (χ0v) is 8.45. The molecule has 0 aliphatic rings. The lowest BCUT2D eigenvalue weighted by Crippen LogP contribution is -2.41. The lowest BCUT2D eigenvalue weighted by atomic mass is 10.1. The Labute approximate surface area is 78.7 Å². The van der Waals surface area contributed by atoms with E-state index in [1.54, 1.807) is 14.2 Å². The number of rotatable bonds is 6. The quantitative estimate of drug-likeness (QED) is 0.464. The molecule has 0 aliphatic carbocycles. The zero-order chi connectivity index (χ0) is 10.3. The Bertz CT molecular complexity index is 152. The molecule has 1 amide bonds. The van der Waals surface area contributed by atoms with Gasteiger partial charge < -0.3 is 10.5 Å². The summed E-state index contributed by atoms with van der Waals surface area (Å²) in [6.07, 6.45) is 1.39. The van der Waals surface area contributed by atoms with Crippen LogP contribution in [0.25, 0.3) is 0 Å². The van der Waals surface area contributed by atoms with Crippen molar-refractivity contribution in [2.75, 3.05) is 27.9 Å². The number of methoxy groups -OCH3 is 1. The summed E-state index contributed by atoms with van der Waals surface area (Å²) in [5, 5.41) is 1.14. The summed E-state index contributed by atoms with van der Waals surface area (Å²) in [7, 11) is 4.59. The fourth-order valence-electron chi connectivity index (χ4n) is 0.895. The van der Waals surface area contributed by atoms with Gasteiger partial charge in [-0.05, 0) is 12.8 Å². The second kappa shape index (κ2) is 6.82. The summed E-state index contributed by atoms with van der Waals surface area (Å²) >= 11 is 0. The van der Waals surface area contributed by atoms with Crippen molar-refractivity contribution in [1.29, 1.82) is 0 Å². The van der Waals surface area contributed by atoms with E-state index in [9.17, 15) is 4.79 Å². The van der Waals surface area contributed by atoms with Gasteiger partial charge in [-0.3, -0.25) is 9.63 Å². The first-order valence-electron chi connectivity index (χ1n) is 4.19. The van der Waals surface area contributed by atoms with Gasteiger partial charge in [0.1, 0.15) is 0 Å². The molecule has 0 heterocycles. The van der Waals surface area contributed by atoms with Crippen LogP contribution in [0.5, 0.6) is 0 Å². The van der Waals surface area contributed by atoms with Gasteiger partial charge in [-0.2, -0.15) is 0 Å². The molecular formula is C8H18N2O3. The van der Waals surface area contributed by atoms with Crippen LogP contribution in [0.1, 0.15) is 12.8 Å². The highest BCUT2D eigenvalue weighted by atomic mass is 16.7. The van der Waals surface area contributed by atoms with Crippen molar-refractivity contribution >= 4 is 5.91 Å². The third-order valence-corrected chi connectivity index (χ3v) is 1.77. The Morgan fingerprint density at radius 1 is 1.54 bits per heavy atom. The smallest absolute Gasteiger partial charge is 0.262 e. The van der Waals surface area contributed by atoms with Crippen LogP contribution in [0, 0.1) is 0 Å². The Kier molecular flexibility index (Phi) is 6.48. The van der Waals surface area contributed by atoms with Gasteiger partial charge in [0, 0.05) is 20.8 Å². The van der Waals surface area contributed by atoms with Crippen LogP contribution in [-0.2, 0) is 14.4 Å². The second-order valence-electron chi connectivity index (χ2n) is 2.76. The number of likely N-dealkylation sites (N-methyl/N-ethyl adjacent to an activating group) is 1. The van der Waals surface area contributed by atoms with E-state index in [4.69, 9.17) is 15.3 Å². The number of ether oxygens (including phenoxy) is 1. The number of hydroxylamine groups is 2. The van der Waals surface area contributed by atoms with Crippen molar-refractivity contribution in [2.24, 2.45) is 5.73 Å². The first-order chi connectivity index (χ1) is 6.13. The van der Waals surface area contributed by atoms with Gasteiger partial charge in [-0.15, -0.1) is 0 Å². The molecule has 0 aromatic rings. The summed E-state index contributed by atoms with van der Waals surface area (Å²) in [6, 6.07) is -0.500. The van der Waals surface area contributed by atoms with Gasteiger partial charge >= 0.3 is 0 Å². The molecule has 0 saturated heterocycles. The molecule has 5 heteroatoms. The van der Waals surface area contributed by atoms with E-state index in [2.05, 4.69) is 0 Å². The van der Waals surface area contributed by atoms with E-state index >= 15 is 0 Å². The molecule has 0 aliphatic heterocycles. The maximum atomic E-state index is 11.3. The third kappa shape index (κ3) is 4.82. The Hall–Kier alpha value is -0.650. The minimum absolute atomic E-state index is 0.210. The van der Waals surface area contributed by atoms with E-state index in [-0.39, 0.29) is 5.91 Å². The van der Waals surface area contributed by atoms with Crippen LogP contribution in [0.2, 0.25) is 0 Å². The molecule has 1 unspecified atom stereocenters. The maximum absolute atomic E-state index is 11.3. The number of amides is 1. The van der Waals surface area contributed by atoms with E-state index in [1.807, 2.05) is 0 Å². The largest absolute Gasteiger partial charge is 0.385 e. The number of carbonyl (C=O) groups is 1. The number of hydrogen-bond acceptors (Lipinski definition) is 4. The lowest BCUT2D eigenvalue weighted by Gasteiger charge is -2.18. The molecule has 5 nitrogen and oxygen atoms in total. The normalized spacial score (nSPS) is 12.6. The van der Waals surface area contributed by atoms with Crippen molar-refractivity contribution in [3.05, 3.63) is 0 Å². The summed E-state index contributed by atoms with van der Waals surface area (Å²) in [4.78, 5) is 16.0. The van der Waals surface area contributed by atoms with Crippen LogP contribution in [0.15, 0.2) is 0 Å². The van der Waals surface area contributed by atoms with Crippen molar-refractivity contribution in [3.8, 4) is 0 Å². The second-order valence-corrected chi connectivity index (χ2v) is 2.76.